The Bertz CT molecular complexity index is 371. The van der Waals surface area contributed by atoms with Gasteiger partial charge in [-0.1, -0.05) is 0 Å². The first-order valence-electron chi connectivity index (χ1n) is 3.58. The highest BCUT2D eigenvalue weighted by Gasteiger charge is 1.88. The Kier molecular flexibility index (Phi) is 2.58. The molecule has 3 N–H and O–H groups in total. The summed E-state index contributed by atoms with van der Waals surface area (Å²) in [4.78, 5) is 0. The lowest BCUT2D eigenvalue weighted by atomic mass is 10.2. The van der Waals surface area contributed by atoms with E-state index in [1.165, 1.54) is 0 Å². The molecule has 3 nitrogen and oxygen atoms in total. The third kappa shape index (κ3) is 1.50. The molecule has 0 amide bonds. The van der Waals surface area contributed by atoms with Gasteiger partial charge in [0, 0.05) is 23.2 Å². The lowest BCUT2D eigenvalue weighted by molar-refractivity contribution is 0.533. The van der Waals surface area contributed by atoms with E-state index in [0.29, 0.717) is 10.4 Å². The van der Waals surface area contributed by atoms with Crippen molar-refractivity contribution in [3.05, 3.63) is 28.6 Å². The molecule has 64 valence electrons. The summed E-state index contributed by atoms with van der Waals surface area (Å²) in [5.41, 5.74) is 0.890. The van der Waals surface area contributed by atoms with E-state index in [-0.39, 0.29) is 0 Å². The highest BCUT2D eigenvalue weighted by Crippen LogP contribution is 1.96. The van der Waals surface area contributed by atoms with Crippen LogP contribution in [0.4, 0.5) is 5.69 Å². The smallest absolute Gasteiger partial charge is 0.0872 e. The second kappa shape index (κ2) is 3.67. The second-order valence-corrected chi connectivity index (χ2v) is 2.35. The van der Waals surface area contributed by atoms with Gasteiger partial charge >= 0.3 is 0 Å². The third-order valence-corrected chi connectivity index (χ3v) is 1.65. The zero-order valence-corrected chi connectivity index (χ0v) is 6.78. The quantitative estimate of drug-likeness (QED) is 0.561. The van der Waals surface area contributed by atoms with Gasteiger partial charge in [-0.25, -0.2) is 0 Å². The predicted octanol–water partition coefficient (Wildman–Crippen LogP) is 0.320. The maximum Gasteiger partial charge on any atom is 0.0872 e. The van der Waals surface area contributed by atoms with Gasteiger partial charge in [-0.05, 0) is 18.2 Å². The summed E-state index contributed by atoms with van der Waals surface area (Å²) < 4.78 is 0. The highest BCUT2D eigenvalue weighted by molar-refractivity contribution is 5.44. The predicted molar refractivity (Wildman–Crippen MR) is 49.4 cm³/mol. The molecule has 0 aliphatic carbocycles. The standard InChI is InChI=1S/C9H11NO2/c1-10-9-3-2-7(5-11)8(4-9)6-12/h2-6,10-12H,1H3. The zero-order valence-electron chi connectivity index (χ0n) is 6.78. The Morgan fingerprint density at radius 3 is 2.33 bits per heavy atom. The largest absolute Gasteiger partial charge is 0.515 e. The minimum absolute atomic E-state index is 0.587. The number of aliphatic hydroxyl groups excluding tert-OH is 2. The molecule has 3 heteroatoms. The summed E-state index contributed by atoms with van der Waals surface area (Å²) in [5.74, 6) is 0. The van der Waals surface area contributed by atoms with Gasteiger partial charge in [0.1, 0.15) is 0 Å². The van der Waals surface area contributed by atoms with Crippen molar-refractivity contribution in [3.63, 3.8) is 0 Å². The number of anilines is 1. The summed E-state index contributed by atoms with van der Waals surface area (Å²) in [5, 5.41) is 21.6. The van der Waals surface area contributed by atoms with Crippen molar-refractivity contribution in [2.24, 2.45) is 0 Å². The van der Waals surface area contributed by atoms with Crippen LogP contribution in [0, 0.1) is 0 Å². The van der Waals surface area contributed by atoms with Crippen LogP contribution in [0.15, 0.2) is 18.2 Å². The Morgan fingerprint density at radius 1 is 1.17 bits per heavy atom. The highest BCUT2D eigenvalue weighted by atomic mass is 16.2. The number of rotatable bonds is 1. The average molecular weight is 165 g/mol. The lowest BCUT2D eigenvalue weighted by Gasteiger charge is -1.97. The van der Waals surface area contributed by atoms with Crippen molar-refractivity contribution in [3.8, 4) is 0 Å². The van der Waals surface area contributed by atoms with Crippen LogP contribution in [0.5, 0.6) is 0 Å². The average Bonchev–Trinajstić information content (AvgIpc) is 2.16. The molecule has 1 rings (SSSR count). The van der Waals surface area contributed by atoms with Crippen LogP contribution < -0.4 is 15.8 Å². The third-order valence-electron chi connectivity index (χ3n) is 1.65. The van der Waals surface area contributed by atoms with E-state index in [1.807, 2.05) is 6.07 Å². The maximum absolute atomic E-state index is 8.79. The Labute approximate surface area is 70.3 Å². The van der Waals surface area contributed by atoms with Gasteiger partial charge in [0.05, 0.1) is 12.5 Å². The molecule has 0 heterocycles. The number of hydrogen-bond acceptors (Lipinski definition) is 3. The minimum atomic E-state index is 0.587. The first-order valence-corrected chi connectivity index (χ1v) is 3.58. The van der Waals surface area contributed by atoms with Crippen molar-refractivity contribution in [1.82, 2.24) is 0 Å². The fraction of sp³-hybridized carbons (Fsp3) is 0.111. The molecule has 0 aliphatic rings. The molecule has 0 saturated heterocycles. The van der Waals surface area contributed by atoms with E-state index >= 15 is 0 Å². The summed E-state index contributed by atoms with van der Waals surface area (Å²) in [6.45, 7) is 0. The van der Waals surface area contributed by atoms with Crippen LogP contribution in [0.1, 0.15) is 0 Å². The summed E-state index contributed by atoms with van der Waals surface area (Å²) >= 11 is 0. The van der Waals surface area contributed by atoms with Gasteiger partial charge in [-0.15, -0.1) is 0 Å². The molecule has 0 spiro atoms. The Balaban J connectivity index is 3.42. The molecule has 0 bridgehead atoms. The van der Waals surface area contributed by atoms with Gasteiger partial charge in [0.2, 0.25) is 0 Å². The van der Waals surface area contributed by atoms with E-state index < -0.39 is 0 Å². The number of benzene rings is 1. The molecule has 0 aromatic heterocycles. The first-order chi connectivity index (χ1) is 5.81. The van der Waals surface area contributed by atoms with E-state index in [0.717, 1.165) is 18.2 Å². The molecule has 1 aromatic carbocycles. The van der Waals surface area contributed by atoms with Gasteiger partial charge in [-0.2, -0.15) is 0 Å². The van der Waals surface area contributed by atoms with Gasteiger partial charge < -0.3 is 15.5 Å². The first kappa shape index (κ1) is 8.46. The zero-order chi connectivity index (χ0) is 8.97. The molecular formula is C9H11NO2. The van der Waals surface area contributed by atoms with E-state index in [4.69, 9.17) is 10.2 Å². The van der Waals surface area contributed by atoms with Crippen LogP contribution in [0.2, 0.25) is 0 Å². The summed E-state index contributed by atoms with van der Waals surface area (Å²) in [6, 6.07) is 5.27. The van der Waals surface area contributed by atoms with Crippen molar-refractivity contribution < 1.29 is 10.2 Å². The normalized spacial score (nSPS) is 13.4. The van der Waals surface area contributed by atoms with Crippen molar-refractivity contribution in [2.75, 3.05) is 12.4 Å². The molecule has 0 aliphatic heterocycles. The van der Waals surface area contributed by atoms with Crippen LogP contribution >= 0.6 is 0 Å². The van der Waals surface area contributed by atoms with Gasteiger partial charge in [0.25, 0.3) is 0 Å². The van der Waals surface area contributed by atoms with Crippen molar-refractivity contribution >= 4 is 18.2 Å². The molecular weight excluding hydrogens is 154 g/mol. The number of aliphatic hydroxyl groups is 2. The fourth-order valence-electron chi connectivity index (χ4n) is 0.960. The van der Waals surface area contributed by atoms with Crippen molar-refractivity contribution in [2.45, 2.75) is 0 Å². The molecule has 1 aromatic rings. The van der Waals surface area contributed by atoms with E-state index in [1.54, 1.807) is 19.2 Å². The van der Waals surface area contributed by atoms with Gasteiger partial charge in [-0.3, -0.25) is 0 Å². The fourth-order valence-corrected chi connectivity index (χ4v) is 0.960. The summed E-state index contributed by atoms with van der Waals surface area (Å²) in [6.07, 6.45) is 1.92. The van der Waals surface area contributed by atoms with Gasteiger partial charge in [0.15, 0.2) is 0 Å². The van der Waals surface area contributed by atoms with Crippen LogP contribution in [-0.2, 0) is 0 Å². The molecule has 0 atom stereocenters. The monoisotopic (exact) mass is 165 g/mol. The lowest BCUT2D eigenvalue weighted by Crippen LogP contribution is -2.24. The second-order valence-electron chi connectivity index (χ2n) is 2.35. The SMILES string of the molecule is CNc1ccc(=CO)c(=CO)c1. The molecule has 0 saturated carbocycles. The topological polar surface area (TPSA) is 52.5 Å². The number of hydrogen-bond donors (Lipinski definition) is 3. The van der Waals surface area contributed by atoms with Crippen LogP contribution in [0.25, 0.3) is 12.5 Å². The summed E-state index contributed by atoms with van der Waals surface area (Å²) in [7, 11) is 1.79. The van der Waals surface area contributed by atoms with Crippen LogP contribution in [0.3, 0.4) is 0 Å². The van der Waals surface area contributed by atoms with E-state index in [9.17, 15) is 0 Å². The Morgan fingerprint density at radius 2 is 1.83 bits per heavy atom. The minimum Gasteiger partial charge on any atom is -0.515 e. The molecule has 0 fully saturated rings. The molecule has 12 heavy (non-hydrogen) atoms. The Hall–Kier alpha value is -1.64. The molecule has 0 unspecified atom stereocenters. The molecule has 0 radical (unpaired) electrons. The van der Waals surface area contributed by atoms with E-state index in [2.05, 4.69) is 5.32 Å². The van der Waals surface area contributed by atoms with Crippen LogP contribution in [-0.4, -0.2) is 17.3 Å². The number of nitrogens with one attached hydrogen (secondary N) is 1. The van der Waals surface area contributed by atoms with Crippen molar-refractivity contribution in [1.29, 1.82) is 0 Å². The maximum atomic E-state index is 8.79.